The van der Waals surface area contributed by atoms with E-state index in [-0.39, 0.29) is 27.1 Å². The molecule has 0 aliphatic carbocycles. The first-order valence-electron chi connectivity index (χ1n) is 13.8. The first-order valence-corrected chi connectivity index (χ1v) is 22.6. The molecule has 8 unspecified atom stereocenters. The summed E-state index contributed by atoms with van der Waals surface area (Å²) in [4.78, 5) is 77.6. The summed E-state index contributed by atoms with van der Waals surface area (Å²) in [6.45, 7) is -5.73. The Balaban J connectivity index is 0. The van der Waals surface area contributed by atoms with Gasteiger partial charge in [-0.25, -0.2) is 0 Å². The van der Waals surface area contributed by atoms with Crippen LogP contribution in [0.3, 0.4) is 0 Å². The van der Waals surface area contributed by atoms with Gasteiger partial charge in [0.2, 0.25) is 0 Å². The van der Waals surface area contributed by atoms with Crippen LogP contribution in [-0.2, 0) is 77.2 Å². The van der Waals surface area contributed by atoms with Gasteiger partial charge in [-0.1, -0.05) is 21.3 Å². The molecular weight excluding hydrogens is 814 g/mol. The third-order valence-corrected chi connectivity index (χ3v) is 10.5. The van der Waals surface area contributed by atoms with E-state index in [1.54, 1.807) is 13.8 Å². The van der Waals surface area contributed by atoms with Crippen molar-refractivity contribution in [2.24, 2.45) is 11.8 Å². The molecule has 0 heterocycles. The van der Waals surface area contributed by atoms with E-state index >= 15 is 0 Å². The van der Waals surface area contributed by atoms with Gasteiger partial charge in [-0.3, -0.25) is 27.4 Å². The van der Waals surface area contributed by atoms with Crippen molar-refractivity contribution in [3.63, 3.8) is 0 Å². The molecule has 0 amide bonds. The van der Waals surface area contributed by atoms with Gasteiger partial charge in [0.1, 0.15) is 0 Å². The zero-order chi connectivity index (χ0) is 37.8. The van der Waals surface area contributed by atoms with Crippen LogP contribution in [0.1, 0.15) is 34.1 Å². The Kier molecular flexibility index (Phi) is 27.1. The molecule has 50 heavy (non-hydrogen) atoms. The number of phosphoric ester groups is 6. The fraction of sp³-hybridized carbons (Fsp3) is 1.00. The highest BCUT2D eigenvalue weighted by Gasteiger charge is 2.19. The minimum absolute atomic E-state index is 0. The molecule has 0 aliphatic rings. The largest absolute Gasteiger partial charge is 0.756 e. The maximum atomic E-state index is 11.7. The van der Waals surface area contributed by atoms with E-state index in [0.717, 1.165) is 0 Å². The summed E-state index contributed by atoms with van der Waals surface area (Å²) in [6.07, 6.45) is 0.609. The molecule has 0 fully saturated rings. The lowest BCUT2D eigenvalue weighted by Gasteiger charge is -2.27. The van der Waals surface area contributed by atoms with Gasteiger partial charge in [-0.2, -0.15) is 0 Å². The average Bonchev–Trinajstić information content (AvgIpc) is 2.98. The Hall–Kier alpha value is 0.620. The molecule has 0 aliphatic heterocycles. The number of rotatable bonds is 32. The van der Waals surface area contributed by atoms with Crippen molar-refractivity contribution in [1.29, 1.82) is 0 Å². The lowest BCUT2D eigenvalue weighted by atomic mass is 10.1. The van der Waals surface area contributed by atoms with Crippen LogP contribution in [0.25, 0.3) is 0 Å². The quantitative estimate of drug-likeness (QED) is 0.0583. The summed E-state index contributed by atoms with van der Waals surface area (Å²) < 4.78 is 117. The molecule has 8 atom stereocenters. The van der Waals surface area contributed by atoms with E-state index in [1.165, 1.54) is 0 Å². The van der Waals surface area contributed by atoms with Crippen molar-refractivity contribution in [3.05, 3.63) is 0 Å². The van der Waals surface area contributed by atoms with Crippen LogP contribution in [0.5, 0.6) is 0 Å². The Labute approximate surface area is 288 Å². The first-order chi connectivity index (χ1) is 22.5. The number of aliphatic hydroxyl groups excluding tert-OH is 1. The molecule has 0 bridgehead atoms. The van der Waals surface area contributed by atoms with Crippen LogP contribution in [0.4, 0.5) is 0 Å². The molecule has 0 saturated heterocycles. The maximum absolute atomic E-state index is 11.7. The molecule has 0 saturated carbocycles. The highest BCUT2D eigenvalue weighted by atomic mass is 31.2. The first kappa shape index (κ1) is 52.7. The van der Waals surface area contributed by atoms with Gasteiger partial charge >= 0.3 is 0 Å². The second kappa shape index (κ2) is 25.7. The summed E-state index contributed by atoms with van der Waals surface area (Å²) in [5.74, 6) is -1.24. The second-order valence-corrected chi connectivity index (χ2v) is 17.2. The predicted molar refractivity (Wildman–Crippen MR) is 155 cm³/mol. The van der Waals surface area contributed by atoms with Gasteiger partial charge < -0.3 is 89.1 Å². The molecule has 0 radical (unpaired) electrons. The van der Waals surface area contributed by atoms with Crippen molar-refractivity contribution < 1.29 is 117 Å². The monoisotopic (exact) mass is 856 g/mol. The van der Waals surface area contributed by atoms with Crippen LogP contribution >= 0.6 is 46.9 Å². The normalized spacial score (nSPS) is 20.5. The smallest absolute Gasteiger partial charge is 0.268 e. The lowest BCUT2D eigenvalue weighted by Crippen LogP contribution is -2.20. The van der Waals surface area contributed by atoms with Crippen molar-refractivity contribution >= 4 is 46.9 Å². The van der Waals surface area contributed by atoms with Crippen molar-refractivity contribution in [2.75, 3.05) is 79.3 Å². The zero-order valence-corrected chi connectivity index (χ0v) is 31.4. The average molecular weight is 856 g/mol. The minimum atomic E-state index is -5.13. The van der Waals surface area contributed by atoms with E-state index < -0.39 is 125 Å². The van der Waals surface area contributed by atoms with Crippen LogP contribution in [0.15, 0.2) is 0 Å². The summed E-state index contributed by atoms with van der Waals surface area (Å²) in [5, 5.41) is 9.01. The Morgan fingerprint density at radius 2 is 0.660 bits per heavy atom. The highest BCUT2D eigenvalue weighted by Crippen LogP contribution is 2.44. The Morgan fingerprint density at radius 1 is 0.440 bits per heavy atom. The van der Waals surface area contributed by atoms with Crippen LogP contribution in [0.2, 0.25) is 0 Å². The predicted octanol–water partition coefficient (Wildman–Crippen LogP) is -1.35. The van der Waals surface area contributed by atoms with E-state index in [4.69, 9.17) is 10.00 Å². The summed E-state index contributed by atoms with van der Waals surface area (Å²) >= 11 is 0. The molecule has 2 N–H and O–H groups in total. The van der Waals surface area contributed by atoms with Crippen LogP contribution < -0.4 is 29.4 Å². The standard InChI is InChI=1S/C18H44O25P6.CH4/c1-3-17(13-19)14-42-48(29,30)39-11-9-37-46(25,26)35-7-5-33-45(23,24)34-6-8-36-47(27,28)38-10-12-40-49(31,32)43-16-18(4-2)15-41-44(20,21)22;/h17-19H,3-16H2,1-2H3,(H,23,24)(H,25,26)(H,27,28)(H,29,30)(H,31,32)(H2,20,21,22);1H4/p-6. The molecular formula is C19H42O25P6-6. The highest BCUT2D eigenvalue weighted by molar-refractivity contribution is 7.47. The minimum Gasteiger partial charge on any atom is -0.756 e. The topological polar surface area (TPSA) is 383 Å². The van der Waals surface area contributed by atoms with E-state index in [0.29, 0.717) is 6.42 Å². The van der Waals surface area contributed by atoms with Crippen molar-refractivity contribution in [3.8, 4) is 0 Å². The van der Waals surface area contributed by atoms with Gasteiger partial charge in [-0.15, -0.1) is 0 Å². The Bertz CT molecular complexity index is 1210. The molecule has 0 aromatic carbocycles. The van der Waals surface area contributed by atoms with Crippen LogP contribution in [0, 0.1) is 11.8 Å². The van der Waals surface area contributed by atoms with E-state index in [9.17, 15) is 56.8 Å². The fourth-order valence-corrected chi connectivity index (χ4v) is 6.50. The third kappa shape index (κ3) is 30.0. The molecule has 0 aromatic heterocycles. The molecule has 0 aromatic rings. The molecule has 31 heteroatoms. The SMILES string of the molecule is C.CCC(CO)COP(=O)([O-])OCCOP(=O)([O-])OCCOP(=O)([O-])OCCOP(=O)([O-])OCCOP(=O)([O-])OCC(CC)COP(=O)([O-])O. The van der Waals surface area contributed by atoms with Crippen molar-refractivity contribution in [2.45, 2.75) is 34.1 Å². The number of aliphatic hydroxyl groups is 1. The van der Waals surface area contributed by atoms with Crippen LogP contribution in [-0.4, -0.2) is 89.3 Å². The maximum Gasteiger partial charge on any atom is 0.268 e. The van der Waals surface area contributed by atoms with Gasteiger partial charge in [0.15, 0.2) is 0 Å². The molecule has 0 spiro atoms. The Morgan fingerprint density at radius 3 is 0.880 bits per heavy atom. The summed E-state index contributed by atoms with van der Waals surface area (Å²) in [7, 11) is -30.2. The second-order valence-electron chi connectivity index (χ2n) is 8.99. The summed E-state index contributed by atoms with van der Waals surface area (Å²) in [5.41, 5.74) is 0. The number of hydrogen-bond donors (Lipinski definition) is 2. The van der Waals surface area contributed by atoms with Gasteiger partial charge in [-0.05, 0) is 12.8 Å². The zero-order valence-electron chi connectivity index (χ0n) is 26.0. The third-order valence-electron chi connectivity index (χ3n) is 5.15. The summed E-state index contributed by atoms with van der Waals surface area (Å²) in [6, 6.07) is 0. The molecule has 25 nitrogen and oxygen atoms in total. The number of hydrogen-bond acceptors (Lipinski definition) is 24. The fourth-order valence-electron chi connectivity index (χ4n) is 2.56. The molecule has 304 valence electrons. The number of phosphoric acid groups is 6. The van der Waals surface area contributed by atoms with E-state index in [1.807, 2.05) is 0 Å². The van der Waals surface area contributed by atoms with E-state index in [2.05, 4.69) is 49.8 Å². The van der Waals surface area contributed by atoms with Gasteiger partial charge in [0.05, 0.1) is 72.7 Å². The van der Waals surface area contributed by atoms with Gasteiger partial charge in [0, 0.05) is 18.4 Å². The van der Waals surface area contributed by atoms with Gasteiger partial charge in [0.25, 0.3) is 46.9 Å². The van der Waals surface area contributed by atoms with Crippen molar-refractivity contribution in [1.82, 2.24) is 0 Å². The lowest BCUT2D eigenvalue weighted by molar-refractivity contribution is -0.238. The molecule has 0 rings (SSSR count).